The van der Waals surface area contributed by atoms with E-state index in [1.807, 2.05) is 12.2 Å². The molecule has 0 fully saturated rings. The van der Waals surface area contributed by atoms with Gasteiger partial charge in [-0.05, 0) is 20.3 Å². The first-order chi connectivity index (χ1) is 8.50. The zero-order chi connectivity index (χ0) is 13.0. The largest absolute Gasteiger partial charge is 0.485 e. The summed E-state index contributed by atoms with van der Waals surface area (Å²) in [7, 11) is 0. The molecule has 3 rings (SSSR count). The van der Waals surface area contributed by atoms with Gasteiger partial charge in [0.15, 0.2) is 17.4 Å². The molecule has 4 heteroatoms. The van der Waals surface area contributed by atoms with Gasteiger partial charge in [-0.3, -0.25) is 0 Å². The van der Waals surface area contributed by atoms with Gasteiger partial charge in [-0.15, -0.1) is 0 Å². The van der Waals surface area contributed by atoms with Gasteiger partial charge in [0.2, 0.25) is 5.82 Å². The minimum absolute atomic E-state index is 0.144. The second kappa shape index (κ2) is 3.77. The standard InChI is InChI=1S/C14H13F3O/c1-6(2)18-14-12(16)10-8-4-3-7(5-8)9(10)11(15)13(14)17/h3-4,6-8H,5H2,1-2H3. The minimum atomic E-state index is -1.21. The average Bonchev–Trinajstić information content (AvgIpc) is 2.91. The number of hydrogen-bond acceptors (Lipinski definition) is 1. The van der Waals surface area contributed by atoms with Crippen LogP contribution in [-0.4, -0.2) is 6.10 Å². The molecule has 96 valence electrons. The second-order valence-corrected chi connectivity index (χ2v) is 5.10. The zero-order valence-corrected chi connectivity index (χ0v) is 10.1. The number of hydrogen-bond donors (Lipinski definition) is 0. The van der Waals surface area contributed by atoms with Gasteiger partial charge in [-0.1, -0.05) is 12.2 Å². The quantitative estimate of drug-likeness (QED) is 0.572. The molecule has 0 radical (unpaired) electrons. The van der Waals surface area contributed by atoms with Gasteiger partial charge in [0, 0.05) is 23.0 Å². The molecule has 1 aromatic rings. The molecule has 18 heavy (non-hydrogen) atoms. The van der Waals surface area contributed by atoms with Crippen molar-refractivity contribution in [3.05, 3.63) is 40.7 Å². The highest BCUT2D eigenvalue weighted by molar-refractivity contribution is 5.53. The monoisotopic (exact) mass is 254 g/mol. The van der Waals surface area contributed by atoms with E-state index in [-0.39, 0.29) is 23.0 Å². The molecule has 2 atom stereocenters. The molecule has 2 aliphatic carbocycles. The Bertz CT molecular complexity index is 549. The van der Waals surface area contributed by atoms with Crippen molar-refractivity contribution in [2.45, 2.75) is 38.2 Å². The van der Waals surface area contributed by atoms with Crippen LogP contribution in [0.25, 0.3) is 0 Å². The lowest BCUT2D eigenvalue weighted by Crippen LogP contribution is -2.13. The molecule has 1 aromatic carbocycles. The molecule has 2 bridgehead atoms. The van der Waals surface area contributed by atoms with E-state index in [4.69, 9.17) is 4.74 Å². The Morgan fingerprint density at radius 1 is 1.00 bits per heavy atom. The van der Waals surface area contributed by atoms with Crippen molar-refractivity contribution < 1.29 is 17.9 Å². The van der Waals surface area contributed by atoms with E-state index in [0.29, 0.717) is 6.42 Å². The normalized spacial score (nSPS) is 23.9. The van der Waals surface area contributed by atoms with E-state index in [2.05, 4.69) is 0 Å². The van der Waals surface area contributed by atoms with Crippen LogP contribution in [0.4, 0.5) is 13.2 Å². The molecular formula is C14H13F3O. The van der Waals surface area contributed by atoms with Crippen molar-refractivity contribution >= 4 is 0 Å². The topological polar surface area (TPSA) is 9.23 Å². The maximum absolute atomic E-state index is 14.3. The van der Waals surface area contributed by atoms with Gasteiger partial charge in [0.25, 0.3) is 0 Å². The Hall–Kier alpha value is -1.45. The molecule has 2 unspecified atom stereocenters. The van der Waals surface area contributed by atoms with Crippen LogP contribution in [0.1, 0.15) is 43.2 Å². The van der Waals surface area contributed by atoms with E-state index in [9.17, 15) is 13.2 Å². The van der Waals surface area contributed by atoms with E-state index < -0.39 is 29.3 Å². The number of allylic oxidation sites excluding steroid dienone is 2. The number of rotatable bonds is 2. The van der Waals surface area contributed by atoms with Crippen LogP contribution in [0, 0.1) is 17.5 Å². The first-order valence-electron chi connectivity index (χ1n) is 6.06. The lowest BCUT2D eigenvalue weighted by atomic mass is 9.95. The molecule has 0 N–H and O–H groups in total. The third-order valence-corrected chi connectivity index (χ3v) is 3.53. The number of ether oxygens (including phenoxy) is 1. The van der Waals surface area contributed by atoms with Crippen LogP contribution in [0.2, 0.25) is 0 Å². The van der Waals surface area contributed by atoms with E-state index in [1.54, 1.807) is 13.8 Å². The van der Waals surface area contributed by atoms with E-state index >= 15 is 0 Å². The summed E-state index contributed by atoms with van der Waals surface area (Å²) in [5.41, 5.74) is 0.450. The van der Waals surface area contributed by atoms with Crippen molar-refractivity contribution in [1.29, 1.82) is 0 Å². The number of fused-ring (bicyclic) bond motifs is 5. The van der Waals surface area contributed by atoms with Crippen molar-refractivity contribution in [1.82, 2.24) is 0 Å². The lowest BCUT2D eigenvalue weighted by molar-refractivity contribution is 0.215. The SMILES string of the molecule is CC(C)Oc1c(F)c(F)c2c(c1F)C1C=CC2C1. The summed E-state index contributed by atoms with van der Waals surface area (Å²) in [6, 6.07) is 0. The summed E-state index contributed by atoms with van der Waals surface area (Å²) in [5, 5.41) is 0. The van der Waals surface area contributed by atoms with Crippen molar-refractivity contribution in [2.75, 3.05) is 0 Å². The molecule has 2 aliphatic rings. The predicted molar refractivity (Wildman–Crippen MR) is 61.3 cm³/mol. The Morgan fingerprint density at radius 2 is 1.56 bits per heavy atom. The predicted octanol–water partition coefficient (Wildman–Crippen LogP) is 4.03. The maximum Gasteiger partial charge on any atom is 0.204 e. The lowest BCUT2D eigenvalue weighted by Gasteiger charge is -2.18. The summed E-state index contributed by atoms with van der Waals surface area (Å²) < 4.78 is 47.2. The summed E-state index contributed by atoms with van der Waals surface area (Å²) in [4.78, 5) is 0. The summed E-state index contributed by atoms with van der Waals surface area (Å²) in [5.74, 6) is -3.83. The highest BCUT2D eigenvalue weighted by atomic mass is 19.2. The first kappa shape index (κ1) is 11.6. The molecule has 0 spiro atoms. The molecule has 0 saturated heterocycles. The summed E-state index contributed by atoms with van der Waals surface area (Å²) in [6.07, 6.45) is 3.90. The summed E-state index contributed by atoms with van der Waals surface area (Å²) in [6.45, 7) is 3.30. The third kappa shape index (κ3) is 1.41. The summed E-state index contributed by atoms with van der Waals surface area (Å²) >= 11 is 0. The van der Waals surface area contributed by atoms with Crippen LogP contribution >= 0.6 is 0 Å². The van der Waals surface area contributed by atoms with Crippen molar-refractivity contribution in [2.24, 2.45) is 0 Å². The van der Waals surface area contributed by atoms with Gasteiger partial charge in [-0.25, -0.2) is 8.78 Å². The van der Waals surface area contributed by atoms with Crippen molar-refractivity contribution in [3.63, 3.8) is 0 Å². The van der Waals surface area contributed by atoms with Crippen LogP contribution < -0.4 is 4.74 Å². The van der Waals surface area contributed by atoms with Gasteiger partial charge in [0.1, 0.15) is 0 Å². The Balaban J connectivity index is 2.21. The Morgan fingerprint density at radius 3 is 2.11 bits per heavy atom. The Labute approximate surface area is 103 Å². The maximum atomic E-state index is 14.3. The van der Waals surface area contributed by atoms with Gasteiger partial charge in [-0.2, -0.15) is 4.39 Å². The fraction of sp³-hybridized carbons (Fsp3) is 0.429. The average molecular weight is 254 g/mol. The van der Waals surface area contributed by atoms with E-state index in [0.717, 1.165) is 0 Å². The molecule has 0 saturated carbocycles. The smallest absolute Gasteiger partial charge is 0.204 e. The molecule has 0 aromatic heterocycles. The molecule has 0 heterocycles. The van der Waals surface area contributed by atoms with Crippen LogP contribution in [-0.2, 0) is 0 Å². The van der Waals surface area contributed by atoms with Crippen molar-refractivity contribution in [3.8, 4) is 5.75 Å². The fourth-order valence-electron chi connectivity index (χ4n) is 2.86. The number of benzene rings is 1. The second-order valence-electron chi connectivity index (χ2n) is 5.10. The third-order valence-electron chi connectivity index (χ3n) is 3.53. The highest BCUT2D eigenvalue weighted by Gasteiger charge is 2.41. The first-order valence-corrected chi connectivity index (χ1v) is 6.06. The number of halogens is 3. The molecular weight excluding hydrogens is 241 g/mol. The van der Waals surface area contributed by atoms with Gasteiger partial charge in [0.05, 0.1) is 6.10 Å². The van der Waals surface area contributed by atoms with Crippen LogP contribution in [0.15, 0.2) is 12.2 Å². The fourth-order valence-corrected chi connectivity index (χ4v) is 2.86. The molecule has 1 nitrogen and oxygen atoms in total. The minimum Gasteiger partial charge on any atom is -0.485 e. The van der Waals surface area contributed by atoms with E-state index in [1.165, 1.54) is 0 Å². The molecule has 0 aliphatic heterocycles. The van der Waals surface area contributed by atoms with Gasteiger partial charge >= 0.3 is 0 Å². The van der Waals surface area contributed by atoms with Crippen LogP contribution in [0.3, 0.4) is 0 Å². The van der Waals surface area contributed by atoms with Crippen LogP contribution in [0.5, 0.6) is 5.75 Å². The molecule has 0 amide bonds. The Kier molecular flexibility index (Phi) is 2.44. The highest BCUT2D eigenvalue weighted by Crippen LogP contribution is 2.52. The zero-order valence-electron chi connectivity index (χ0n) is 10.1. The van der Waals surface area contributed by atoms with Gasteiger partial charge < -0.3 is 4.74 Å².